The van der Waals surface area contributed by atoms with Crippen LogP contribution >= 0.6 is 0 Å². The lowest BCUT2D eigenvalue weighted by molar-refractivity contribution is -0.116. The minimum Gasteiger partial charge on any atom is -0.493 e. The first kappa shape index (κ1) is 22.1. The summed E-state index contributed by atoms with van der Waals surface area (Å²) < 4.78 is 10.5. The maximum Gasteiger partial charge on any atom is 0.248 e. The van der Waals surface area contributed by atoms with Crippen molar-refractivity contribution in [3.8, 4) is 11.5 Å². The van der Waals surface area contributed by atoms with Crippen LogP contribution in [0.15, 0.2) is 66.7 Å². The first-order chi connectivity index (χ1) is 16.0. The molecule has 0 saturated heterocycles. The predicted octanol–water partition coefficient (Wildman–Crippen LogP) is 5.14. The van der Waals surface area contributed by atoms with Crippen LogP contribution in [0.4, 0.5) is 17.1 Å². The molecule has 168 valence electrons. The molecule has 0 aliphatic carbocycles. The summed E-state index contributed by atoms with van der Waals surface area (Å²) in [6, 6.07) is 19.1. The van der Waals surface area contributed by atoms with Crippen molar-refractivity contribution in [2.75, 3.05) is 24.4 Å². The molecule has 1 aliphatic rings. The maximum atomic E-state index is 12.6. The summed E-state index contributed by atoms with van der Waals surface area (Å²) in [5.74, 6) is 0.881. The molecule has 0 fully saturated rings. The average molecular weight is 443 g/mol. The number of hydrogen-bond acceptors (Lipinski definition) is 4. The normalized spacial score (nSPS) is 12.5. The molecule has 0 unspecified atom stereocenters. The Labute approximate surface area is 193 Å². The van der Waals surface area contributed by atoms with Crippen LogP contribution in [-0.4, -0.2) is 26.0 Å². The number of aryl methyl sites for hydroxylation is 2. The van der Waals surface area contributed by atoms with E-state index >= 15 is 0 Å². The van der Waals surface area contributed by atoms with E-state index in [0.29, 0.717) is 17.2 Å². The largest absolute Gasteiger partial charge is 0.493 e. The van der Waals surface area contributed by atoms with E-state index in [1.807, 2.05) is 42.5 Å². The Morgan fingerprint density at radius 2 is 1.61 bits per heavy atom. The minimum atomic E-state index is -0.270. The van der Waals surface area contributed by atoms with Crippen molar-refractivity contribution in [1.82, 2.24) is 0 Å². The van der Waals surface area contributed by atoms with E-state index in [-0.39, 0.29) is 11.8 Å². The van der Waals surface area contributed by atoms with Gasteiger partial charge in [-0.3, -0.25) is 14.5 Å². The van der Waals surface area contributed by atoms with Gasteiger partial charge in [0, 0.05) is 18.7 Å². The number of ether oxygens (including phenoxy) is 2. The highest BCUT2D eigenvalue weighted by molar-refractivity contribution is 6.04. The molecule has 6 nitrogen and oxygen atoms in total. The monoisotopic (exact) mass is 442 g/mol. The van der Waals surface area contributed by atoms with Gasteiger partial charge in [0.15, 0.2) is 11.5 Å². The van der Waals surface area contributed by atoms with Crippen LogP contribution < -0.4 is 19.7 Å². The zero-order valence-electron chi connectivity index (χ0n) is 18.9. The maximum absolute atomic E-state index is 12.6. The van der Waals surface area contributed by atoms with E-state index < -0.39 is 0 Å². The Morgan fingerprint density at radius 3 is 2.33 bits per heavy atom. The number of nitrogens with zero attached hydrogens (tertiary/aromatic N) is 1. The topological polar surface area (TPSA) is 67.9 Å². The van der Waals surface area contributed by atoms with Crippen LogP contribution in [0.25, 0.3) is 6.08 Å². The SMILES string of the molecule is COc1ccc(/C=C\C(=O)Nc2ccc3c(c2)N(C(C)=O)c2ccccc2CC3)cc1OC. The number of fused-ring (bicyclic) bond motifs is 2. The molecule has 33 heavy (non-hydrogen) atoms. The molecule has 0 saturated carbocycles. The average Bonchev–Trinajstić information content (AvgIpc) is 2.99. The number of methoxy groups -OCH3 is 2. The van der Waals surface area contributed by atoms with Gasteiger partial charge >= 0.3 is 0 Å². The number of amides is 2. The molecule has 3 aromatic carbocycles. The second-order valence-corrected chi connectivity index (χ2v) is 7.76. The van der Waals surface area contributed by atoms with E-state index in [9.17, 15) is 9.59 Å². The van der Waals surface area contributed by atoms with Crippen molar-refractivity contribution in [2.45, 2.75) is 19.8 Å². The molecule has 6 heteroatoms. The van der Waals surface area contributed by atoms with E-state index in [0.717, 1.165) is 40.9 Å². The second kappa shape index (κ2) is 9.61. The first-order valence-electron chi connectivity index (χ1n) is 10.7. The molecule has 1 aliphatic heterocycles. The Morgan fingerprint density at radius 1 is 0.879 bits per heavy atom. The van der Waals surface area contributed by atoms with E-state index in [4.69, 9.17) is 9.47 Å². The third kappa shape index (κ3) is 4.75. The quantitative estimate of drug-likeness (QED) is 0.556. The lowest BCUT2D eigenvalue weighted by Crippen LogP contribution is -2.24. The van der Waals surface area contributed by atoms with Gasteiger partial charge < -0.3 is 14.8 Å². The van der Waals surface area contributed by atoms with Crippen LogP contribution in [-0.2, 0) is 22.4 Å². The molecule has 0 atom stereocenters. The van der Waals surface area contributed by atoms with Gasteiger partial charge in [-0.1, -0.05) is 30.3 Å². The third-order valence-corrected chi connectivity index (χ3v) is 5.64. The molecule has 0 radical (unpaired) electrons. The van der Waals surface area contributed by atoms with Crippen molar-refractivity contribution in [2.24, 2.45) is 0 Å². The van der Waals surface area contributed by atoms with Crippen molar-refractivity contribution >= 4 is 35.0 Å². The first-order valence-corrected chi connectivity index (χ1v) is 10.7. The second-order valence-electron chi connectivity index (χ2n) is 7.76. The molecule has 0 aromatic heterocycles. The lowest BCUT2D eigenvalue weighted by Gasteiger charge is -2.24. The zero-order valence-corrected chi connectivity index (χ0v) is 18.9. The summed E-state index contributed by atoms with van der Waals surface area (Å²) in [6.07, 6.45) is 4.85. The van der Waals surface area contributed by atoms with Crippen LogP contribution in [0.2, 0.25) is 0 Å². The number of hydrogen-bond donors (Lipinski definition) is 1. The zero-order chi connectivity index (χ0) is 23.4. The minimum absolute atomic E-state index is 0.0672. The van der Waals surface area contributed by atoms with Crippen LogP contribution in [0.1, 0.15) is 23.6 Å². The summed E-state index contributed by atoms with van der Waals surface area (Å²) in [5.41, 5.74) is 5.33. The molecular weight excluding hydrogens is 416 g/mol. The van der Waals surface area contributed by atoms with Gasteiger partial charge in [-0.15, -0.1) is 0 Å². The smallest absolute Gasteiger partial charge is 0.248 e. The summed E-state index contributed by atoms with van der Waals surface area (Å²) >= 11 is 0. The van der Waals surface area contributed by atoms with Gasteiger partial charge in [-0.25, -0.2) is 0 Å². The highest BCUT2D eigenvalue weighted by Gasteiger charge is 2.23. The molecule has 1 N–H and O–H groups in total. The number of rotatable bonds is 5. The number of benzene rings is 3. The fraction of sp³-hybridized carbons (Fsp3) is 0.185. The van der Waals surface area contributed by atoms with Crippen molar-refractivity contribution in [3.63, 3.8) is 0 Å². The Balaban J connectivity index is 1.57. The number of nitrogens with one attached hydrogen (secondary N) is 1. The lowest BCUT2D eigenvalue weighted by atomic mass is 10.0. The Hall–Kier alpha value is -4.06. The number of anilines is 3. The number of carbonyl (C=O) groups excluding carboxylic acids is 2. The highest BCUT2D eigenvalue weighted by atomic mass is 16.5. The summed E-state index contributed by atoms with van der Waals surface area (Å²) in [7, 11) is 3.15. The van der Waals surface area contributed by atoms with Crippen LogP contribution in [0.5, 0.6) is 11.5 Å². The van der Waals surface area contributed by atoms with E-state index in [2.05, 4.69) is 11.4 Å². The standard InChI is InChI=1S/C27H26N2O4/c1-18(30)29-23-7-5-4-6-20(23)10-11-21-12-13-22(17-24(21)29)28-27(31)15-9-19-8-14-25(32-2)26(16-19)33-3/h4-9,12-17H,10-11H2,1-3H3,(H,28,31)/b15-9-. The van der Waals surface area contributed by atoms with Gasteiger partial charge in [-0.2, -0.15) is 0 Å². The number of carbonyl (C=O) groups is 2. The highest BCUT2D eigenvalue weighted by Crippen LogP contribution is 2.37. The molecule has 4 rings (SSSR count). The van der Waals surface area contributed by atoms with Gasteiger partial charge in [0.25, 0.3) is 0 Å². The van der Waals surface area contributed by atoms with Crippen molar-refractivity contribution < 1.29 is 19.1 Å². The molecule has 0 spiro atoms. The van der Waals surface area contributed by atoms with E-state index in [1.54, 1.807) is 44.3 Å². The van der Waals surface area contributed by atoms with Crippen molar-refractivity contribution in [1.29, 1.82) is 0 Å². The van der Waals surface area contributed by atoms with Crippen LogP contribution in [0, 0.1) is 0 Å². The summed E-state index contributed by atoms with van der Waals surface area (Å²) in [6.45, 7) is 1.56. The fourth-order valence-electron chi connectivity index (χ4n) is 4.05. The Bertz CT molecular complexity index is 1230. The Kier molecular flexibility index (Phi) is 6.45. The molecule has 0 bridgehead atoms. The van der Waals surface area contributed by atoms with Gasteiger partial charge in [-0.05, 0) is 65.9 Å². The number of para-hydroxylation sites is 1. The van der Waals surface area contributed by atoms with Gasteiger partial charge in [0.05, 0.1) is 25.6 Å². The van der Waals surface area contributed by atoms with Crippen LogP contribution in [0.3, 0.4) is 0 Å². The molecule has 1 heterocycles. The van der Waals surface area contributed by atoms with Crippen molar-refractivity contribution in [3.05, 3.63) is 83.4 Å². The molecule has 2 amide bonds. The molecular formula is C27H26N2O4. The fourth-order valence-corrected chi connectivity index (χ4v) is 4.05. The summed E-state index contributed by atoms with van der Waals surface area (Å²) in [4.78, 5) is 26.9. The van der Waals surface area contributed by atoms with E-state index in [1.165, 1.54) is 6.08 Å². The molecule has 3 aromatic rings. The summed E-state index contributed by atoms with van der Waals surface area (Å²) in [5, 5.41) is 2.90. The predicted molar refractivity (Wildman–Crippen MR) is 130 cm³/mol. The van der Waals surface area contributed by atoms with Gasteiger partial charge in [0.2, 0.25) is 11.8 Å². The third-order valence-electron chi connectivity index (χ3n) is 5.64. The van der Waals surface area contributed by atoms with Gasteiger partial charge in [0.1, 0.15) is 0 Å².